The fourth-order valence-electron chi connectivity index (χ4n) is 16.8. The number of thioether (sulfide) groups is 1. The van der Waals surface area contributed by atoms with Gasteiger partial charge in [0.2, 0.25) is 106 Å². The van der Waals surface area contributed by atoms with Crippen molar-refractivity contribution in [1.82, 2.24) is 88.7 Å². The number of carbonyl (C=O) groups is 19. The van der Waals surface area contributed by atoms with E-state index in [1.807, 2.05) is 6.92 Å². The molecule has 0 saturated carbocycles. The summed E-state index contributed by atoms with van der Waals surface area (Å²) in [5, 5.41) is 55.5. The highest BCUT2D eigenvalue weighted by atomic mass is 33.1. The molecule has 0 unspecified atom stereocenters. The number of primary amides is 1. The maximum absolute atomic E-state index is 15.6. The molecule has 136 heavy (non-hydrogen) atoms. The first kappa shape index (κ1) is 114. The fraction of sp³-hybridized carbons (Fsp3) is 0.708. The van der Waals surface area contributed by atoms with Crippen LogP contribution in [0.15, 0.2) is 35.3 Å². The van der Waals surface area contributed by atoms with Gasteiger partial charge in [-0.05, 0) is 184 Å². The van der Waals surface area contributed by atoms with E-state index in [9.17, 15) is 67.7 Å². The lowest BCUT2D eigenvalue weighted by Crippen LogP contribution is -2.61. The molecule has 25 N–H and O–H groups in total. The van der Waals surface area contributed by atoms with Crippen molar-refractivity contribution in [3.63, 3.8) is 0 Å². The van der Waals surface area contributed by atoms with E-state index in [1.54, 1.807) is 64.3 Å². The molecule has 5 heterocycles. The molecule has 5 fully saturated rings. The first-order valence-corrected chi connectivity index (χ1v) is 51.1. The van der Waals surface area contributed by atoms with Crippen molar-refractivity contribution < 1.29 is 101 Å². The quantitative estimate of drug-likeness (QED) is 0.0132. The van der Waals surface area contributed by atoms with E-state index >= 15 is 33.6 Å². The summed E-state index contributed by atoms with van der Waals surface area (Å²) in [6.07, 6.45) is 4.16. The smallest absolute Gasteiger partial charge is 0.303 e. The Morgan fingerprint density at radius 2 is 1.10 bits per heavy atom. The van der Waals surface area contributed by atoms with Crippen molar-refractivity contribution >= 4 is 152 Å². The van der Waals surface area contributed by atoms with Gasteiger partial charge in [0.05, 0.1) is 6.61 Å². The number of carboxylic acids is 1. The number of carboxylic acid groups (broad SMARTS) is 1. The first-order chi connectivity index (χ1) is 64.8. The number of aliphatic imine (C=N–C) groups is 1. The number of aliphatic carboxylic acids is 1. The first-order valence-electron chi connectivity index (χ1n) is 47.3. The third kappa shape index (κ3) is 36.4. The Labute approximate surface area is 806 Å². The normalized spacial score (nSPS) is 24.4. The van der Waals surface area contributed by atoms with E-state index in [0.717, 1.165) is 21.6 Å². The molecule has 17 atom stereocenters. The van der Waals surface area contributed by atoms with Gasteiger partial charge in [0.1, 0.15) is 103 Å². The van der Waals surface area contributed by atoms with Crippen LogP contribution in [-0.4, -0.2) is 327 Å². The Bertz CT molecular complexity index is 4270. The van der Waals surface area contributed by atoms with Gasteiger partial charge in [-0.1, -0.05) is 99.4 Å². The molecule has 5 saturated heterocycles. The summed E-state index contributed by atoms with van der Waals surface area (Å²) in [5.74, 6) is -17.3. The van der Waals surface area contributed by atoms with E-state index in [4.69, 9.17) is 28.7 Å². The Morgan fingerprint density at radius 3 is 1.69 bits per heavy atom. The Balaban J connectivity index is 1.48. The summed E-state index contributed by atoms with van der Waals surface area (Å²) in [4.78, 5) is 284. The second-order valence-corrected chi connectivity index (χ2v) is 39.4. The molecular formula is C89H145N23O21S3. The number of benzene rings is 1. The zero-order valence-electron chi connectivity index (χ0n) is 79.3. The average Bonchev–Trinajstić information content (AvgIpc) is 1.70. The van der Waals surface area contributed by atoms with Gasteiger partial charge in [-0.25, -0.2) is 0 Å². The molecule has 0 aromatic heterocycles. The Morgan fingerprint density at radius 1 is 0.551 bits per heavy atom. The summed E-state index contributed by atoms with van der Waals surface area (Å²) >= 11 is 1.33. The van der Waals surface area contributed by atoms with Gasteiger partial charge in [-0.3, -0.25) is 96.1 Å². The number of likely N-dealkylation sites (tertiary alicyclic amines) is 3. The minimum absolute atomic E-state index is 0.00104. The minimum Gasteiger partial charge on any atom is -0.481 e. The van der Waals surface area contributed by atoms with Crippen LogP contribution in [0.2, 0.25) is 0 Å². The summed E-state index contributed by atoms with van der Waals surface area (Å²) in [5.41, 5.74) is 29.4. The molecule has 5 aliphatic heterocycles. The summed E-state index contributed by atoms with van der Waals surface area (Å²) < 4.78 is 0. The Kier molecular flexibility index (Phi) is 49.3. The van der Waals surface area contributed by atoms with E-state index in [1.165, 1.54) is 45.2 Å². The van der Waals surface area contributed by atoms with Crippen LogP contribution in [0.1, 0.15) is 208 Å². The second kappa shape index (κ2) is 58.8. The molecule has 1 aromatic rings. The van der Waals surface area contributed by atoms with Crippen LogP contribution in [0.4, 0.5) is 0 Å². The van der Waals surface area contributed by atoms with E-state index in [0.29, 0.717) is 56.9 Å². The third-order valence-electron chi connectivity index (χ3n) is 24.3. The molecule has 44 nitrogen and oxygen atoms in total. The molecule has 6 rings (SSSR count). The van der Waals surface area contributed by atoms with Crippen molar-refractivity contribution in [3.05, 3.63) is 35.9 Å². The van der Waals surface area contributed by atoms with E-state index in [-0.39, 0.29) is 178 Å². The Hall–Kier alpha value is -10.7. The number of fused-ring (bicyclic) bond motifs is 1. The molecule has 5 aliphatic rings. The molecule has 47 heteroatoms. The standard InChI is InChI=1S/C89H145N23O21S3/c1-9-10-25-60-85(130)109-40-19-29-66(109)82(127)96-52(6)73(118)107-64(48-113)80(125)106-63(47-54-23-12-11-13-24-54)79(124)108-65(81(126)104-61(27-15-17-38-91)86(131)112-43-22-32-69(112)87(132)110-41-20-30-67(110)83(128)98-55(72(92)117)33-34-70(115)116)49-136-135-45-36-59(101-76(121)58(35-44-134-8)102-84(129)68-31-21-42-111(68)88(133)71(51(4)5)97-53(7)114)77(122)105-62(46-50(2)3)78(123)100-57(28-18-39-95-89(93)94)74(119)99-56(75(120)103-60)26-14-16-37-90/h11-13,23-24,50-52,55-69,71,113H,9-10,14-22,25-49,90-91H2,1-8H3,(H2,92,117)(H,96,127)(H,97,114)(H,98,128)(H,99,119)(H,100,123)(H,101,121)(H,102,129)(H,103,120)(H,104,126)(H,105,122)(H,106,125)(H,107,118)(H,108,124)(H,115,116)(H4,93,94,95)/t52-,55-,56-,57-,58-,59-,60-,61-,62-,63-,64-,65-,66-,67-,68-,69-,71-/m0/s1. The van der Waals surface area contributed by atoms with Crippen molar-refractivity contribution in [2.24, 2.45) is 45.5 Å². The molecule has 760 valence electrons. The number of amides is 18. The number of hydrogen-bond donors (Lipinski definition) is 20. The van der Waals surface area contributed by atoms with Gasteiger partial charge in [0, 0.05) is 64.0 Å². The number of rotatable bonds is 40. The lowest BCUT2D eigenvalue weighted by molar-refractivity contribution is -0.148. The number of carbonyl (C=O) groups excluding carboxylic acids is 18. The van der Waals surface area contributed by atoms with Gasteiger partial charge in [-0.15, -0.1) is 0 Å². The molecule has 1 aromatic carbocycles. The van der Waals surface area contributed by atoms with Crippen molar-refractivity contribution in [3.8, 4) is 0 Å². The topological polar surface area (TPSA) is 677 Å². The van der Waals surface area contributed by atoms with Crippen LogP contribution >= 0.6 is 33.3 Å². The average molecular weight is 1970 g/mol. The van der Waals surface area contributed by atoms with Gasteiger partial charge in [0.25, 0.3) is 0 Å². The highest BCUT2D eigenvalue weighted by molar-refractivity contribution is 8.76. The lowest BCUT2D eigenvalue weighted by Gasteiger charge is -2.33. The molecule has 0 spiro atoms. The number of aliphatic hydroxyl groups is 1. The number of hydrogen-bond acceptors (Lipinski definition) is 26. The van der Waals surface area contributed by atoms with Crippen LogP contribution in [0, 0.1) is 11.8 Å². The summed E-state index contributed by atoms with van der Waals surface area (Å²) in [7, 11) is 1.97. The number of nitrogens with one attached hydrogen (secondary N) is 13. The predicted molar refractivity (Wildman–Crippen MR) is 511 cm³/mol. The zero-order valence-corrected chi connectivity index (χ0v) is 81.8. The number of nitrogens with zero attached hydrogens (tertiary/aromatic N) is 5. The van der Waals surface area contributed by atoms with Gasteiger partial charge >= 0.3 is 5.97 Å². The summed E-state index contributed by atoms with van der Waals surface area (Å²) in [6, 6.07) is -15.4. The zero-order chi connectivity index (χ0) is 100. The van der Waals surface area contributed by atoms with Crippen LogP contribution in [0.5, 0.6) is 0 Å². The van der Waals surface area contributed by atoms with Crippen molar-refractivity contribution in [1.29, 1.82) is 0 Å². The van der Waals surface area contributed by atoms with E-state index in [2.05, 4.69) is 74.1 Å². The van der Waals surface area contributed by atoms with Crippen LogP contribution < -0.4 is 97.8 Å². The van der Waals surface area contributed by atoms with Gasteiger partial charge in [0.15, 0.2) is 5.96 Å². The maximum Gasteiger partial charge on any atom is 0.303 e. The van der Waals surface area contributed by atoms with Crippen molar-refractivity contribution in [2.45, 2.75) is 312 Å². The minimum atomic E-state index is -1.82. The molecule has 0 aliphatic carbocycles. The largest absolute Gasteiger partial charge is 0.481 e. The predicted octanol–water partition coefficient (Wildman–Crippen LogP) is -3.38. The van der Waals surface area contributed by atoms with Crippen LogP contribution in [0.3, 0.4) is 0 Å². The lowest BCUT2D eigenvalue weighted by atomic mass is 10.0. The molecule has 0 radical (unpaired) electrons. The summed E-state index contributed by atoms with van der Waals surface area (Å²) in [6.45, 7) is 10.9. The highest BCUT2D eigenvalue weighted by Gasteiger charge is 2.47. The maximum atomic E-state index is 15.6. The molecular weight excluding hydrogens is 1820 g/mol. The number of aliphatic hydroxyl groups excluding tert-OH is 1. The third-order valence-corrected chi connectivity index (χ3v) is 27.3. The van der Waals surface area contributed by atoms with Crippen molar-refractivity contribution in [2.75, 3.05) is 75.9 Å². The van der Waals surface area contributed by atoms with Crippen LogP contribution in [-0.2, 0) is 97.5 Å². The van der Waals surface area contributed by atoms with Crippen LogP contribution in [0.25, 0.3) is 0 Å². The molecule has 0 bridgehead atoms. The van der Waals surface area contributed by atoms with Gasteiger partial charge in [-0.2, -0.15) is 11.8 Å². The number of nitrogens with two attached hydrogens (primary N) is 5. The molecule has 18 amide bonds. The fourth-order valence-corrected chi connectivity index (χ4v) is 19.6. The number of guanidine groups is 1. The highest BCUT2D eigenvalue weighted by Crippen LogP contribution is 2.30. The number of unbranched alkanes of at least 4 members (excludes halogenated alkanes) is 3. The SMILES string of the molecule is CCCC[C@@H]1NC(=O)[C@H](CCCCN)NC(=O)[C@H](CCCN=C(N)N)NC(=O)[C@H](CC(C)C)NC(=O)[C@@H](NC(=O)[C@H](CCSC)NC(=O)[C@@H]2CCCN2C(=O)[C@@H](NC(C)=O)C(C)C)CCSSC[C@@H](C(=O)N[C@@H](CCCCN)C(=O)N2CCC[C@H]2C(=O)N2CCC[C@H]2C(=O)N[C@@H](CCC(=O)O)C(N)=O)NC(=O)[C@H](Cc2ccccc2)NC(=O)[C@H](CO)NC(=O)[C@H](C)NC(=O)[C@@H]2CCCN2C1=O. The van der Waals surface area contributed by atoms with E-state index < -0.39 is 234 Å². The second-order valence-electron chi connectivity index (χ2n) is 35.8. The monoisotopic (exact) mass is 1970 g/mol. The van der Waals surface area contributed by atoms with Gasteiger partial charge < -0.3 is 128 Å².